The van der Waals surface area contributed by atoms with Gasteiger partial charge >= 0.3 is 6.09 Å². The fraction of sp³-hybridized carbons (Fsp3) is 0.364. The van der Waals surface area contributed by atoms with Gasteiger partial charge in [0.1, 0.15) is 5.82 Å². The lowest BCUT2D eigenvalue weighted by Gasteiger charge is -2.21. The molecule has 0 N–H and O–H groups in total. The van der Waals surface area contributed by atoms with Crippen LogP contribution in [0, 0.1) is 9.39 Å². The Morgan fingerprint density at radius 3 is 2.71 bits per heavy atom. The number of ether oxygens (including phenoxy) is 1. The third-order valence-corrected chi connectivity index (χ3v) is 3.36. The standard InChI is InChI=1S/C11H12ClFINO2/c1-3-15(11(16)17-4-2)9-6-7(12)5-8(13)10(9)14/h5-6H,3-4H2,1-2H3. The first-order chi connectivity index (χ1) is 8.01. The van der Waals surface area contributed by atoms with Gasteiger partial charge in [-0.1, -0.05) is 11.6 Å². The van der Waals surface area contributed by atoms with E-state index in [2.05, 4.69) is 0 Å². The highest BCUT2D eigenvalue weighted by molar-refractivity contribution is 14.1. The average molecular weight is 372 g/mol. The summed E-state index contributed by atoms with van der Waals surface area (Å²) in [6.07, 6.45) is -0.505. The van der Waals surface area contributed by atoms with E-state index >= 15 is 0 Å². The molecule has 1 rings (SSSR count). The van der Waals surface area contributed by atoms with E-state index in [4.69, 9.17) is 16.3 Å². The van der Waals surface area contributed by atoms with Crippen LogP contribution in [0.4, 0.5) is 14.9 Å². The Kier molecular flexibility index (Phi) is 5.45. The van der Waals surface area contributed by atoms with Gasteiger partial charge in [0, 0.05) is 11.6 Å². The van der Waals surface area contributed by atoms with Crippen LogP contribution >= 0.6 is 34.2 Å². The number of anilines is 1. The van der Waals surface area contributed by atoms with E-state index in [1.165, 1.54) is 11.0 Å². The van der Waals surface area contributed by atoms with Gasteiger partial charge in [-0.2, -0.15) is 0 Å². The maximum atomic E-state index is 13.5. The number of carbonyl (C=O) groups is 1. The highest BCUT2D eigenvalue weighted by Crippen LogP contribution is 2.29. The first-order valence-corrected chi connectivity index (χ1v) is 6.55. The van der Waals surface area contributed by atoms with Gasteiger partial charge in [-0.25, -0.2) is 9.18 Å². The molecule has 0 bridgehead atoms. The van der Waals surface area contributed by atoms with Crippen LogP contribution in [0.1, 0.15) is 13.8 Å². The molecule has 0 spiro atoms. The lowest BCUT2D eigenvalue weighted by molar-refractivity contribution is 0.160. The molecule has 0 saturated carbocycles. The normalized spacial score (nSPS) is 10.2. The molecule has 0 radical (unpaired) electrons. The largest absolute Gasteiger partial charge is 0.449 e. The predicted molar refractivity (Wildman–Crippen MR) is 74.2 cm³/mol. The molecule has 0 unspecified atom stereocenters. The minimum atomic E-state index is -0.505. The number of nitrogens with zero attached hydrogens (tertiary/aromatic N) is 1. The molecule has 1 aromatic carbocycles. The molecule has 0 aliphatic rings. The minimum Gasteiger partial charge on any atom is -0.449 e. The maximum absolute atomic E-state index is 13.5. The third kappa shape index (κ3) is 3.45. The SMILES string of the molecule is CCOC(=O)N(CC)c1cc(Cl)cc(F)c1I. The van der Waals surface area contributed by atoms with E-state index in [0.29, 0.717) is 15.8 Å². The summed E-state index contributed by atoms with van der Waals surface area (Å²) in [5, 5.41) is 0.251. The zero-order valence-electron chi connectivity index (χ0n) is 9.47. The third-order valence-electron chi connectivity index (χ3n) is 2.07. The summed E-state index contributed by atoms with van der Waals surface area (Å²) in [7, 11) is 0. The molecule has 0 atom stereocenters. The summed E-state index contributed by atoms with van der Waals surface area (Å²) >= 11 is 7.62. The summed E-state index contributed by atoms with van der Waals surface area (Å²) in [6, 6.07) is 2.76. The van der Waals surface area contributed by atoms with Crippen molar-refractivity contribution in [2.24, 2.45) is 0 Å². The van der Waals surface area contributed by atoms with E-state index in [9.17, 15) is 9.18 Å². The molecule has 0 aromatic heterocycles. The second-order valence-electron chi connectivity index (χ2n) is 3.16. The van der Waals surface area contributed by atoms with Gasteiger partial charge in [0.25, 0.3) is 0 Å². The van der Waals surface area contributed by atoms with Gasteiger partial charge in [0.2, 0.25) is 0 Å². The van der Waals surface area contributed by atoms with Crippen LogP contribution in [0.5, 0.6) is 0 Å². The van der Waals surface area contributed by atoms with Crippen LogP contribution in [0.3, 0.4) is 0 Å². The van der Waals surface area contributed by atoms with Crippen LogP contribution in [0.15, 0.2) is 12.1 Å². The highest BCUT2D eigenvalue weighted by Gasteiger charge is 2.20. The molecule has 94 valence electrons. The van der Waals surface area contributed by atoms with Crippen molar-refractivity contribution < 1.29 is 13.9 Å². The second kappa shape index (κ2) is 6.39. The molecule has 0 heterocycles. The monoisotopic (exact) mass is 371 g/mol. The molecule has 0 aliphatic carbocycles. The molecule has 17 heavy (non-hydrogen) atoms. The summed E-state index contributed by atoms with van der Waals surface area (Å²) in [5.41, 5.74) is 0.427. The number of amides is 1. The molecule has 0 fully saturated rings. The number of benzene rings is 1. The Hall–Kier alpha value is -0.560. The van der Waals surface area contributed by atoms with Crippen molar-refractivity contribution in [1.82, 2.24) is 0 Å². The molecule has 0 aliphatic heterocycles. The van der Waals surface area contributed by atoms with E-state index < -0.39 is 11.9 Å². The first-order valence-electron chi connectivity index (χ1n) is 5.10. The predicted octanol–water partition coefficient (Wildman–Crippen LogP) is 4.07. The zero-order valence-corrected chi connectivity index (χ0v) is 12.4. The Morgan fingerprint density at radius 2 is 2.18 bits per heavy atom. The lowest BCUT2D eigenvalue weighted by Crippen LogP contribution is -2.32. The molecular formula is C11H12ClFINO2. The maximum Gasteiger partial charge on any atom is 0.414 e. The number of carbonyl (C=O) groups excluding carboxylic acids is 1. The first kappa shape index (κ1) is 14.5. The summed E-state index contributed by atoms with van der Waals surface area (Å²) in [5.74, 6) is -0.448. The Bertz CT molecular complexity index is 428. The average Bonchev–Trinajstić information content (AvgIpc) is 2.26. The molecule has 1 amide bonds. The smallest absolute Gasteiger partial charge is 0.414 e. The van der Waals surface area contributed by atoms with Crippen molar-refractivity contribution in [1.29, 1.82) is 0 Å². The van der Waals surface area contributed by atoms with Gasteiger partial charge in [-0.05, 0) is 48.6 Å². The molecule has 6 heteroatoms. The molecular weight excluding hydrogens is 359 g/mol. The van der Waals surface area contributed by atoms with Crippen molar-refractivity contribution >= 4 is 46.0 Å². The molecule has 0 saturated heterocycles. The second-order valence-corrected chi connectivity index (χ2v) is 4.68. The number of hydrogen-bond donors (Lipinski definition) is 0. The van der Waals surface area contributed by atoms with Gasteiger partial charge in [-0.3, -0.25) is 4.90 Å². The fourth-order valence-corrected chi connectivity index (χ4v) is 2.14. The van der Waals surface area contributed by atoms with Crippen LogP contribution in [-0.4, -0.2) is 19.2 Å². The summed E-state index contributed by atoms with van der Waals surface area (Å²) in [4.78, 5) is 13.0. The minimum absolute atomic E-state index is 0.251. The molecule has 1 aromatic rings. The van der Waals surface area contributed by atoms with Crippen molar-refractivity contribution in [2.45, 2.75) is 13.8 Å². The van der Waals surface area contributed by atoms with Crippen LogP contribution in [0.2, 0.25) is 5.02 Å². The summed E-state index contributed by atoms with van der Waals surface area (Å²) in [6.45, 7) is 4.16. The van der Waals surface area contributed by atoms with Crippen molar-refractivity contribution in [3.05, 3.63) is 26.5 Å². The van der Waals surface area contributed by atoms with E-state index in [1.54, 1.807) is 19.9 Å². The van der Waals surface area contributed by atoms with Crippen molar-refractivity contribution in [3.8, 4) is 0 Å². The Balaban J connectivity index is 3.15. The zero-order chi connectivity index (χ0) is 13.0. The fourth-order valence-electron chi connectivity index (χ4n) is 1.34. The van der Waals surface area contributed by atoms with Crippen LogP contribution in [0.25, 0.3) is 0 Å². The van der Waals surface area contributed by atoms with Crippen molar-refractivity contribution in [2.75, 3.05) is 18.1 Å². The topological polar surface area (TPSA) is 29.5 Å². The van der Waals surface area contributed by atoms with Gasteiger partial charge in [0.05, 0.1) is 15.9 Å². The molecule has 3 nitrogen and oxygen atoms in total. The van der Waals surface area contributed by atoms with Gasteiger partial charge < -0.3 is 4.74 Å². The summed E-state index contributed by atoms with van der Waals surface area (Å²) < 4.78 is 18.8. The highest BCUT2D eigenvalue weighted by atomic mass is 127. The van der Waals surface area contributed by atoms with Crippen molar-refractivity contribution in [3.63, 3.8) is 0 Å². The van der Waals surface area contributed by atoms with Crippen LogP contribution in [-0.2, 0) is 4.74 Å². The van der Waals surface area contributed by atoms with Gasteiger partial charge in [0.15, 0.2) is 0 Å². The van der Waals surface area contributed by atoms with Gasteiger partial charge in [-0.15, -0.1) is 0 Å². The van der Waals surface area contributed by atoms with E-state index in [1.807, 2.05) is 22.6 Å². The Morgan fingerprint density at radius 1 is 1.53 bits per heavy atom. The van der Waals surface area contributed by atoms with E-state index in [0.717, 1.165) is 0 Å². The Labute approximate surface area is 118 Å². The van der Waals surface area contributed by atoms with E-state index in [-0.39, 0.29) is 11.6 Å². The lowest BCUT2D eigenvalue weighted by atomic mass is 10.3. The quantitative estimate of drug-likeness (QED) is 0.592. The number of hydrogen-bond acceptors (Lipinski definition) is 2. The number of rotatable bonds is 3. The number of halogens is 3. The van der Waals surface area contributed by atoms with Crippen LogP contribution < -0.4 is 4.90 Å².